The Morgan fingerprint density at radius 1 is 1.42 bits per heavy atom. The highest BCUT2D eigenvalue weighted by Gasteiger charge is 2.25. The van der Waals surface area contributed by atoms with E-state index in [0.717, 1.165) is 18.5 Å². The molecule has 72 valence electrons. The van der Waals surface area contributed by atoms with Gasteiger partial charge in [0.1, 0.15) is 0 Å². The zero-order valence-corrected chi connectivity index (χ0v) is 8.59. The van der Waals surface area contributed by atoms with Gasteiger partial charge in [0.25, 0.3) is 0 Å². The van der Waals surface area contributed by atoms with E-state index in [0.29, 0.717) is 6.04 Å². The van der Waals surface area contributed by atoms with Crippen molar-refractivity contribution in [2.24, 2.45) is 11.7 Å². The minimum absolute atomic E-state index is 0.558. The lowest BCUT2D eigenvalue weighted by atomic mass is 9.94. The van der Waals surface area contributed by atoms with Gasteiger partial charge in [0.05, 0.1) is 0 Å². The van der Waals surface area contributed by atoms with Gasteiger partial charge in [-0.2, -0.15) is 0 Å². The average molecular weight is 170 g/mol. The molecule has 0 spiro atoms. The first kappa shape index (κ1) is 10.0. The zero-order valence-electron chi connectivity index (χ0n) is 8.59. The molecule has 2 nitrogen and oxygen atoms in total. The third-order valence-electron chi connectivity index (χ3n) is 3.07. The summed E-state index contributed by atoms with van der Waals surface area (Å²) in [5.41, 5.74) is 5.67. The predicted molar refractivity (Wildman–Crippen MR) is 53.1 cm³/mol. The molecule has 1 aliphatic rings. The molecular formula is C10H22N2. The molecule has 0 aliphatic carbocycles. The molecule has 1 rings (SSSR count). The van der Waals surface area contributed by atoms with Crippen molar-refractivity contribution < 1.29 is 0 Å². The first-order valence-corrected chi connectivity index (χ1v) is 5.11. The van der Waals surface area contributed by atoms with Gasteiger partial charge in [0.2, 0.25) is 0 Å². The van der Waals surface area contributed by atoms with Crippen molar-refractivity contribution >= 4 is 0 Å². The Kier molecular flexibility index (Phi) is 3.53. The van der Waals surface area contributed by atoms with Crippen LogP contribution in [0.1, 0.15) is 33.6 Å². The van der Waals surface area contributed by atoms with Gasteiger partial charge in [0, 0.05) is 25.2 Å². The Labute approximate surface area is 76.1 Å². The molecule has 12 heavy (non-hydrogen) atoms. The second-order valence-electron chi connectivity index (χ2n) is 4.31. The minimum atomic E-state index is 0.558. The number of hydrogen-bond acceptors (Lipinski definition) is 2. The molecule has 1 fully saturated rings. The van der Waals surface area contributed by atoms with Crippen LogP contribution in [0.3, 0.4) is 0 Å². The Morgan fingerprint density at radius 3 is 2.67 bits per heavy atom. The summed E-state index contributed by atoms with van der Waals surface area (Å²) in [5, 5.41) is 0. The molecular weight excluding hydrogens is 148 g/mol. The molecule has 3 atom stereocenters. The van der Waals surface area contributed by atoms with E-state index < -0.39 is 0 Å². The third kappa shape index (κ3) is 2.20. The van der Waals surface area contributed by atoms with Crippen molar-refractivity contribution in [1.82, 2.24) is 4.90 Å². The van der Waals surface area contributed by atoms with E-state index >= 15 is 0 Å². The van der Waals surface area contributed by atoms with Gasteiger partial charge >= 0.3 is 0 Å². The summed E-state index contributed by atoms with van der Waals surface area (Å²) >= 11 is 0. The summed E-state index contributed by atoms with van der Waals surface area (Å²) in [6.45, 7) is 8.91. The quantitative estimate of drug-likeness (QED) is 0.679. The standard InChI is InChI=1S/C10H22N2/c1-8-4-5-9(2)12(7-8)10(3)6-11/h8-10H,4-7,11H2,1-3H3. The number of hydrogen-bond donors (Lipinski definition) is 1. The molecule has 3 unspecified atom stereocenters. The molecule has 1 heterocycles. The summed E-state index contributed by atoms with van der Waals surface area (Å²) in [6.07, 6.45) is 2.72. The van der Waals surface area contributed by atoms with Crippen LogP contribution in [0.5, 0.6) is 0 Å². The fourth-order valence-corrected chi connectivity index (χ4v) is 2.07. The maximum Gasteiger partial charge on any atom is 0.0193 e. The maximum atomic E-state index is 5.67. The van der Waals surface area contributed by atoms with Gasteiger partial charge in [-0.3, -0.25) is 4.90 Å². The van der Waals surface area contributed by atoms with Gasteiger partial charge < -0.3 is 5.73 Å². The number of piperidine rings is 1. The van der Waals surface area contributed by atoms with E-state index in [2.05, 4.69) is 25.7 Å². The van der Waals surface area contributed by atoms with Gasteiger partial charge in [-0.25, -0.2) is 0 Å². The lowest BCUT2D eigenvalue weighted by molar-refractivity contribution is 0.0881. The molecule has 0 aromatic carbocycles. The smallest absolute Gasteiger partial charge is 0.0193 e. The van der Waals surface area contributed by atoms with Crippen LogP contribution in [-0.4, -0.2) is 30.1 Å². The van der Waals surface area contributed by atoms with Crippen LogP contribution in [0.15, 0.2) is 0 Å². The molecule has 0 bridgehead atoms. The van der Waals surface area contributed by atoms with E-state index in [1.165, 1.54) is 19.4 Å². The average Bonchev–Trinajstić information content (AvgIpc) is 2.08. The molecule has 1 aliphatic heterocycles. The fourth-order valence-electron chi connectivity index (χ4n) is 2.07. The van der Waals surface area contributed by atoms with Crippen molar-refractivity contribution in [1.29, 1.82) is 0 Å². The Hall–Kier alpha value is -0.0800. The van der Waals surface area contributed by atoms with Gasteiger partial charge in [-0.05, 0) is 32.6 Å². The molecule has 1 saturated heterocycles. The van der Waals surface area contributed by atoms with Crippen LogP contribution in [0.2, 0.25) is 0 Å². The second kappa shape index (κ2) is 4.24. The minimum Gasteiger partial charge on any atom is -0.329 e. The monoisotopic (exact) mass is 170 g/mol. The van der Waals surface area contributed by atoms with Crippen molar-refractivity contribution in [2.45, 2.75) is 45.7 Å². The maximum absolute atomic E-state index is 5.67. The van der Waals surface area contributed by atoms with Crippen molar-refractivity contribution in [2.75, 3.05) is 13.1 Å². The summed E-state index contributed by atoms with van der Waals surface area (Å²) in [6, 6.07) is 1.29. The second-order valence-corrected chi connectivity index (χ2v) is 4.31. The van der Waals surface area contributed by atoms with Gasteiger partial charge in [-0.15, -0.1) is 0 Å². The van der Waals surface area contributed by atoms with Gasteiger partial charge in [0.15, 0.2) is 0 Å². The first-order valence-electron chi connectivity index (χ1n) is 5.11. The molecule has 0 amide bonds. The fraction of sp³-hybridized carbons (Fsp3) is 1.00. The highest BCUT2D eigenvalue weighted by atomic mass is 15.2. The topological polar surface area (TPSA) is 29.3 Å². The summed E-state index contributed by atoms with van der Waals surface area (Å²) in [7, 11) is 0. The SMILES string of the molecule is CC1CCC(C)N(C(C)CN)C1. The summed E-state index contributed by atoms with van der Waals surface area (Å²) < 4.78 is 0. The van der Waals surface area contributed by atoms with Crippen LogP contribution in [0, 0.1) is 5.92 Å². The van der Waals surface area contributed by atoms with E-state index in [1.807, 2.05) is 0 Å². The van der Waals surface area contributed by atoms with Crippen molar-refractivity contribution in [3.05, 3.63) is 0 Å². The molecule has 0 aromatic rings. The van der Waals surface area contributed by atoms with Crippen LogP contribution in [0.25, 0.3) is 0 Å². The van der Waals surface area contributed by atoms with Crippen molar-refractivity contribution in [3.8, 4) is 0 Å². The number of nitrogens with two attached hydrogens (primary N) is 1. The number of rotatable bonds is 2. The highest BCUT2D eigenvalue weighted by molar-refractivity contribution is 4.81. The normalized spacial score (nSPS) is 35.0. The molecule has 0 saturated carbocycles. The number of likely N-dealkylation sites (tertiary alicyclic amines) is 1. The lowest BCUT2D eigenvalue weighted by Gasteiger charge is -2.40. The van der Waals surface area contributed by atoms with E-state index in [1.54, 1.807) is 0 Å². The Bertz CT molecular complexity index is 132. The van der Waals surface area contributed by atoms with Gasteiger partial charge in [-0.1, -0.05) is 6.92 Å². The zero-order chi connectivity index (χ0) is 9.14. The lowest BCUT2D eigenvalue weighted by Crippen LogP contribution is -2.48. The highest BCUT2D eigenvalue weighted by Crippen LogP contribution is 2.22. The number of nitrogens with zero attached hydrogens (tertiary/aromatic N) is 1. The predicted octanol–water partition coefficient (Wildman–Crippen LogP) is 1.45. The van der Waals surface area contributed by atoms with E-state index in [9.17, 15) is 0 Å². The molecule has 0 radical (unpaired) electrons. The molecule has 2 N–H and O–H groups in total. The van der Waals surface area contributed by atoms with E-state index in [-0.39, 0.29) is 0 Å². The summed E-state index contributed by atoms with van der Waals surface area (Å²) in [4.78, 5) is 2.55. The van der Waals surface area contributed by atoms with Crippen LogP contribution in [-0.2, 0) is 0 Å². The van der Waals surface area contributed by atoms with Crippen LogP contribution >= 0.6 is 0 Å². The van der Waals surface area contributed by atoms with Crippen molar-refractivity contribution in [3.63, 3.8) is 0 Å². The molecule has 2 heteroatoms. The van der Waals surface area contributed by atoms with Crippen LogP contribution in [0.4, 0.5) is 0 Å². The van der Waals surface area contributed by atoms with E-state index in [4.69, 9.17) is 5.73 Å². The summed E-state index contributed by atoms with van der Waals surface area (Å²) in [5.74, 6) is 0.857. The Balaban J connectivity index is 2.48. The first-order chi connectivity index (χ1) is 5.65. The molecule has 0 aromatic heterocycles. The van der Waals surface area contributed by atoms with Crippen LogP contribution < -0.4 is 5.73 Å². The largest absolute Gasteiger partial charge is 0.329 e. The Morgan fingerprint density at radius 2 is 2.08 bits per heavy atom. The third-order valence-corrected chi connectivity index (χ3v) is 3.07.